The number of benzene rings is 1. The van der Waals surface area contributed by atoms with Crippen LogP contribution in [0, 0.1) is 5.92 Å². The molecule has 0 saturated heterocycles. The maximum atomic E-state index is 5.60. The molecular weight excluding hydrogens is 176 g/mol. The first-order chi connectivity index (χ1) is 6.81. The summed E-state index contributed by atoms with van der Waals surface area (Å²) in [6, 6.07) is 6.04. The molecular formula is C10H14N4. The molecule has 1 aromatic heterocycles. The first-order valence-corrected chi connectivity index (χ1v) is 4.79. The van der Waals surface area contributed by atoms with E-state index in [4.69, 9.17) is 5.73 Å². The Kier molecular flexibility index (Phi) is 2.45. The number of nitrogens with zero attached hydrogens (tertiary/aromatic N) is 2. The van der Waals surface area contributed by atoms with Gasteiger partial charge in [-0.3, -0.25) is 0 Å². The maximum Gasteiger partial charge on any atom is 0.116 e. The van der Waals surface area contributed by atoms with Crippen LogP contribution in [0.1, 0.15) is 12.5 Å². The Morgan fingerprint density at radius 1 is 1.43 bits per heavy atom. The third-order valence-electron chi connectivity index (χ3n) is 2.40. The summed E-state index contributed by atoms with van der Waals surface area (Å²) < 4.78 is 0. The van der Waals surface area contributed by atoms with Crippen molar-refractivity contribution < 1.29 is 0 Å². The molecule has 1 unspecified atom stereocenters. The average molecular weight is 190 g/mol. The Bertz CT molecular complexity index is 421. The summed E-state index contributed by atoms with van der Waals surface area (Å²) in [7, 11) is 0. The van der Waals surface area contributed by atoms with Crippen LogP contribution in [-0.4, -0.2) is 22.0 Å². The van der Waals surface area contributed by atoms with Gasteiger partial charge < -0.3 is 5.73 Å². The van der Waals surface area contributed by atoms with Gasteiger partial charge in [0.15, 0.2) is 0 Å². The number of hydrogen-bond donors (Lipinski definition) is 2. The molecule has 0 amide bonds. The second-order valence-corrected chi connectivity index (χ2v) is 3.65. The Labute approximate surface area is 82.5 Å². The molecule has 2 rings (SSSR count). The number of aromatic nitrogens is 3. The van der Waals surface area contributed by atoms with Crippen molar-refractivity contribution in [3.63, 3.8) is 0 Å². The van der Waals surface area contributed by atoms with Crippen LogP contribution in [0.25, 0.3) is 11.0 Å². The molecule has 1 aromatic carbocycles. The van der Waals surface area contributed by atoms with Crippen molar-refractivity contribution in [2.45, 2.75) is 13.3 Å². The first kappa shape index (κ1) is 9.15. The van der Waals surface area contributed by atoms with Crippen LogP contribution in [0.5, 0.6) is 0 Å². The number of nitrogens with one attached hydrogen (secondary N) is 1. The van der Waals surface area contributed by atoms with E-state index in [2.05, 4.69) is 28.4 Å². The van der Waals surface area contributed by atoms with Gasteiger partial charge in [-0.25, -0.2) is 0 Å². The highest BCUT2D eigenvalue weighted by Gasteiger charge is 2.07. The lowest BCUT2D eigenvalue weighted by molar-refractivity contribution is 0.594. The van der Waals surface area contributed by atoms with Gasteiger partial charge in [0.2, 0.25) is 0 Å². The van der Waals surface area contributed by atoms with Gasteiger partial charge in [-0.05, 0) is 30.5 Å². The molecule has 1 heterocycles. The Morgan fingerprint density at radius 2 is 2.29 bits per heavy atom. The number of aromatic amines is 1. The van der Waals surface area contributed by atoms with Crippen molar-refractivity contribution in [3.05, 3.63) is 23.8 Å². The van der Waals surface area contributed by atoms with Crippen LogP contribution in [0.15, 0.2) is 18.2 Å². The topological polar surface area (TPSA) is 67.6 Å². The van der Waals surface area contributed by atoms with Gasteiger partial charge in [-0.15, -0.1) is 0 Å². The quantitative estimate of drug-likeness (QED) is 0.761. The third kappa shape index (κ3) is 1.61. The van der Waals surface area contributed by atoms with E-state index in [-0.39, 0.29) is 0 Å². The molecule has 0 fully saturated rings. The van der Waals surface area contributed by atoms with E-state index < -0.39 is 0 Å². The molecule has 2 aromatic rings. The Balaban J connectivity index is 2.36. The van der Waals surface area contributed by atoms with E-state index in [1.807, 2.05) is 12.1 Å². The zero-order chi connectivity index (χ0) is 9.97. The van der Waals surface area contributed by atoms with Crippen LogP contribution in [-0.2, 0) is 6.42 Å². The maximum absolute atomic E-state index is 5.60. The fourth-order valence-corrected chi connectivity index (χ4v) is 1.55. The van der Waals surface area contributed by atoms with Gasteiger partial charge >= 0.3 is 0 Å². The summed E-state index contributed by atoms with van der Waals surface area (Å²) in [4.78, 5) is 0. The lowest BCUT2D eigenvalue weighted by Gasteiger charge is -2.07. The monoisotopic (exact) mass is 190 g/mol. The summed E-state index contributed by atoms with van der Waals surface area (Å²) in [5.41, 5.74) is 8.70. The molecule has 14 heavy (non-hydrogen) atoms. The van der Waals surface area contributed by atoms with E-state index in [0.29, 0.717) is 12.5 Å². The molecule has 0 spiro atoms. The largest absolute Gasteiger partial charge is 0.330 e. The van der Waals surface area contributed by atoms with Gasteiger partial charge in [0, 0.05) is 0 Å². The molecule has 0 aliphatic rings. The van der Waals surface area contributed by atoms with E-state index in [1.165, 1.54) is 5.56 Å². The van der Waals surface area contributed by atoms with Crippen LogP contribution in [0.3, 0.4) is 0 Å². The molecule has 0 bridgehead atoms. The summed E-state index contributed by atoms with van der Waals surface area (Å²) in [5.74, 6) is 0.484. The van der Waals surface area contributed by atoms with Crippen molar-refractivity contribution >= 4 is 11.0 Å². The average Bonchev–Trinajstić information content (AvgIpc) is 2.66. The molecule has 0 aliphatic heterocycles. The number of hydrogen-bond acceptors (Lipinski definition) is 3. The van der Waals surface area contributed by atoms with Crippen LogP contribution in [0.4, 0.5) is 0 Å². The van der Waals surface area contributed by atoms with Crippen molar-refractivity contribution in [1.82, 2.24) is 15.4 Å². The first-order valence-electron chi connectivity index (χ1n) is 4.79. The third-order valence-corrected chi connectivity index (χ3v) is 2.40. The molecule has 1 atom stereocenters. The second-order valence-electron chi connectivity index (χ2n) is 3.65. The van der Waals surface area contributed by atoms with Crippen molar-refractivity contribution in [2.75, 3.05) is 6.54 Å². The van der Waals surface area contributed by atoms with Gasteiger partial charge in [-0.2, -0.15) is 15.4 Å². The molecule has 3 N–H and O–H groups in total. The van der Waals surface area contributed by atoms with E-state index in [9.17, 15) is 0 Å². The van der Waals surface area contributed by atoms with E-state index in [0.717, 1.165) is 17.5 Å². The molecule has 4 heteroatoms. The van der Waals surface area contributed by atoms with Crippen molar-refractivity contribution in [2.24, 2.45) is 11.7 Å². The van der Waals surface area contributed by atoms with Gasteiger partial charge in [-0.1, -0.05) is 19.1 Å². The SMILES string of the molecule is CC(CN)Cc1cccc2n[nH]nc12. The zero-order valence-corrected chi connectivity index (χ0v) is 8.20. The molecule has 0 aliphatic carbocycles. The summed E-state index contributed by atoms with van der Waals surface area (Å²) in [6.45, 7) is 2.84. The Hall–Kier alpha value is -1.42. The van der Waals surface area contributed by atoms with Gasteiger partial charge in [0.1, 0.15) is 11.0 Å². The van der Waals surface area contributed by atoms with Crippen molar-refractivity contribution in [1.29, 1.82) is 0 Å². The van der Waals surface area contributed by atoms with Crippen LogP contribution in [0.2, 0.25) is 0 Å². The van der Waals surface area contributed by atoms with E-state index >= 15 is 0 Å². The molecule has 0 radical (unpaired) electrons. The standard InChI is InChI=1S/C10H14N4/c1-7(6-11)5-8-3-2-4-9-10(8)13-14-12-9/h2-4,7H,5-6,11H2,1H3,(H,12,13,14). The minimum Gasteiger partial charge on any atom is -0.330 e. The number of para-hydroxylation sites is 1. The smallest absolute Gasteiger partial charge is 0.116 e. The van der Waals surface area contributed by atoms with E-state index in [1.54, 1.807) is 0 Å². The predicted molar refractivity (Wildman–Crippen MR) is 55.8 cm³/mol. The van der Waals surface area contributed by atoms with Crippen molar-refractivity contribution in [3.8, 4) is 0 Å². The van der Waals surface area contributed by atoms with Crippen LogP contribution < -0.4 is 5.73 Å². The minimum absolute atomic E-state index is 0.484. The lowest BCUT2D eigenvalue weighted by atomic mass is 10.0. The second kappa shape index (κ2) is 3.75. The predicted octanol–water partition coefficient (Wildman–Crippen LogP) is 1.10. The minimum atomic E-state index is 0.484. The summed E-state index contributed by atoms with van der Waals surface area (Å²) in [6.07, 6.45) is 0.959. The number of fused-ring (bicyclic) bond motifs is 1. The summed E-state index contributed by atoms with van der Waals surface area (Å²) in [5, 5.41) is 10.8. The highest BCUT2D eigenvalue weighted by molar-refractivity contribution is 5.77. The van der Waals surface area contributed by atoms with Crippen LogP contribution >= 0.6 is 0 Å². The fourth-order valence-electron chi connectivity index (χ4n) is 1.55. The molecule has 74 valence electrons. The summed E-state index contributed by atoms with van der Waals surface area (Å²) >= 11 is 0. The van der Waals surface area contributed by atoms with Gasteiger partial charge in [0.25, 0.3) is 0 Å². The van der Waals surface area contributed by atoms with Gasteiger partial charge in [0.05, 0.1) is 0 Å². The fraction of sp³-hybridized carbons (Fsp3) is 0.400. The normalized spacial score (nSPS) is 13.3. The molecule has 4 nitrogen and oxygen atoms in total. The highest BCUT2D eigenvalue weighted by atomic mass is 15.3. The number of nitrogens with two attached hydrogens (primary N) is 1. The Morgan fingerprint density at radius 3 is 3.07 bits per heavy atom. The lowest BCUT2D eigenvalue weighted by Crippen LogP contribution is -2.13. The molecule has 0 saturated carbocycles. The zero-order valence-electron chi connectivity index (χ0n) is 8.20. The number of rotatable bonds is 3. The number of H-pyrrole nitrogens is 1. The highest BCUT2D eigenvalue weighted by Crippen LogP contribution is 2.16.